The minimum absolute atomic E-state index is 0.191. The second kappa shape index (κ2) is 6.43. The SMILES string of the molecule is CC(=O)Nc1c(N)cc(Br)cc1OCc1ccccc1. The third kappa shape index (κ3) is 3.74. The van der Waals surface area contributed by atoms with Crippen LogP contribution in [0.5, 0.6) is 5.75 Å². The predicted molar refractivity (Wildman–Crippen MR) is 83.6 cm³/mol. The van der Waals surface area contributed by atoms with Gasteiger partial charge in [-0.05, 0) is 17.7 Å². The molecule has 0 aliphatic rings. The molecule has 2 aromatic carbocycles. The summed E-state index contributed by atoms with van der Waals surface area (Å²) in [6.45, 7) is 1.84. The number of anilines is 2. The van der Waals surface area contributed by atoms with Gasteiger partial charge in [0, 0.05) is 11.4 Å². The van der Waals surface area contributed by atoms with Crippen molar-refractivity contribution >= 4 is 33.2 Å². The Bertz CT molecular complexity index is 615. The number of rotatable bonds is 4. The van der Waals surface area contributed by atoms with E-state index < -0.39 is 0 Å². The number of carbonyl (C=O) groups excluding carboxylic acids is 1. The lowest BCUT2D eigenvalue weighted by atomic mass is 10.2. The van der Waals surface area contributed by atoms with Crippen molar-refractivity contribution in [2.24, 2.45) is 0 Å². The summed E-state index contributed by atoms with van der Waals surface area (Å²) in [7, 11) is 0. The number of hydrogen-bond acceptors (Lipinski definition) is 3. The van der Waals surface area contributed by atoms with Gasteiger partial charge in [-0.2, -0.15) is 0 Å². The highest BCUT2D eigenvalue weighted by atomic mass is 79.9. The van der Waals surface area contributed by atoms with Gasteiger partial charge in [0.25, 0.3) is 0 Å². The number of ether oxygens (including phenoxy) is 1. The Labute approximate surface area is 126 Å². The van der Waals surface area contributed by atoms with Crippen molar-refractivity contribution in [2.45, 2.75) is 13.5 Å². The quantitative estimate of drug-likeness (QED) is 0.840. The van der Waals surface area contributed by atoms with Crippen LogP contribution in [-0.4, -0.2) is 5.91 Å². The van der Waals surface area contributed by atoms with Gasteiger partial charge in [0.15, 0.2) is 0 Å². The highest BCUT2D eigenvalue weighted by Crippen LogP contribution is 2.35. The highest BCUT2D eigenvalue weighted by Gasteiger charge is 2.11. The lowest BCUT2D eigenvalue weighted by Crippen LogP contribution is -2.10. The molecule has 3 N–H and O–H groups in total. The fraction of sp³-hybridized carbons (Fsp3) is 0.133. The Morgan fingerprint density at radius 2 is 2.00 bits per heavy atom. The number of benzene rings is 2. The predicted octanol–water partition coefficient (Wildman–Crippen LogP) is 3.57. The van der Waals surface area contributed by atoms with Gasteiger partial charge in [0.2, 0.25) is 5.91 Å². The van der Waals surface area contributed by atoms with Crippen molar-refractivity contribution in [1.29, 1.82) is 0 Å². The van der Waals surface area contributed by atoms with Gasteiger partial charge in [0.05, 0.1) is 5.69 Å². The maximum absolute atomic E-state index is 11.2. The van der Waals surface area contributed by atoms with Crippen molar-refractivity contribution in [3.05, 3.63) is 52.5 Å². The maximum Gasteiger partial charge on any atom is 0.221 e. The molecule has 0 aliphatic carbocycles. The molecule has 2 rings (SSSR count). The molecule has 0 fully saturated rings. The van der Waals surface area contributed by atoms with Crippen LogP contribution in [0.2, 0.25) is 0 Å². The molecule has 20 heavy (non-hydrogen) atoms. The third-order valence-corrected chi connectivity index (χ3v) is 3.09. The first-order valence-corrected chi connectivity index (χ1v) is 6.89. The Morgan fingerprint density at radius 3 is 2.65 bits per heavy atom. The first-order valence-electron chi connectivity index (χ1n) is 6.09. The average Bonchev–Trinajstić information content (AvgIpc) is 2.40. The maximum atomic E-state index is 11.2. The van der Waals surface area contributed by atoms with E-state index in [0.717, 1.165) is 10.0 Å². The Morgan fingerprint density at radius 1 is 1.30 bits per heavy atom. The summed E-state index contributed by atoms with van der Waals surface area (Å²) < 4.78 is 6.56. The minimum atomic E-state index is -0.191. The standard InChI is InChI=1S/C15H15BrN2O2/c1-10(19)18-15-13(17)7-12(16)8-14(15)20-9-11-5-3-2-4-6-11/h2-8H,9,17H2,1H3,(H,18,19). The molecule has 0 saturated carbocycles. The smallest absolute Gasteiger partial charge is 0.221 e. The number of nitrogens with one attached hydrogen (secondary N) is 1. The van der Waals surface area contributed by atoms with Crippen LogP contribution in [0.15, 0.2) is 46.9 Å². The van der Waals surface area contributed by atoms with Crippen molar-refractivity contribution in [3.63, 3.8) is 0 Å². The Kier molecular flexibility index (Phi) is 4.63. The topological polar surface area (TPSA) is 64.4 Å². The van der Waals surface area contributed by atoms with Crippen LogP contribution >= 0.6 is 15.9 Å². The number of nitrogens with two attached hydrogens (primary N) is 1. The summed E-state index contributed by atoms with van der Waals surface area (Å²) in [5.74, 6) is 0.347. The van der Waals surface area contributed by atoms with E-state index in [1.54, 1.807) is 12.1 Å². The molecule has 0 atom stereocenters. The normalized spacial score (nSPS) is 10.1. The fourth-order valence-electron chi connectivity index (χ4n) is 1.76. The molecule has 104 valence electrons. The summed E-state index contributed by atoms with van der Waals surface area (Å²) in [5.41, 5.74) is 7.91. The number of hydrogen-bond donors (Lipinski definition) is 2. The van der Waals surface area contributed by atoms with Crippen molar-refractivity contribution in [2.75, 3.05) is 11.1 Å². The zero-order chi connectivity index (χ0) is 14.5. The van der Waals surface area contributed by atoms with Gasteiger partial charge in [-0.15, -0.1) is 0 Å². The monoisotopic (exact) mass is 334 g/mol. The number of nitrogen functional groups attached to an aromatic ring is 1. The van der Waals surface area contributed by atoms with Crippen LogP contribution in [0.25, 0.3) is 0 Å². The zero-order valence-electron chi connectivity index (χ0n) is 11.0. The molecule has 0 aromatic heterocycles. The summed E-state index contributed by atoms with van der Waals surface area (Å²) >= 11 is 3.37. The lowest BCUT2D eigenvalue weighted by Gasteiger charge is -2.14. The van der Waals surface area contributed by atoms with E-state index in [4.69, 9.17) is 10.5 Å². The van der Waals surface area contributed by atoms with Gasteiger partial charge in [-0.25, -0.2) is 0 Å². The fourth-order valence-corrected chi connectivity index (χ4v) is 2.22. The van der Waals surface area contributed by atoms with Gasteiger partial charge in [-0.3, -0.25) is 4.79 Å². The van der Waals surface area contributed by atoms with E-state index in [1.807, 2.05) is 30.3 Å². The molecule has 0 saturated heterocycles. The van der Waals surface area contributed by atoms with E-state index in [-0.39, 0.29) is 5.91 Å². The first kappa shape index (κ1) is 14.4. The Balaban J connectivity index is 2.23. The molecular formula is C15H15BrN2O2. The van der Waals surface area contributed by atoms with Gasteiger partial charge >= 0.3 is 0 Å². The van der Waals surface area contributed by atoms with Crippen LogP contribution < -0.4 is 15.8 Å². The molecule has 0 heterocycles. The molecule has 4 nitrogen and oxygen atoms in total. The van der Waals surface area contributed by atoms with Gasteiger partial charge < -0.3 is 15.8 Å². The van der Waals surface area contributed by atoms with E-state index in [2.05, 4.69) is 21.2 Å². The molecule has 0 unspecified atom stereocenters. The average molecular weight is 335 g/mol. The first-order chi connectivity index (χ1) is 9.56. The van der Waals surface area contributed by atoms with Crippen LogP contribution in [0.3, 0.4) is 0 Å². The third-order valence-electron chi connectivity index (χ3n) is 2.64. The molecular weight excluding hydrogens is 320 g/mol. The van der Waals surface area contributed by atoms with Crippen molar-refractivity contribution < 1.29 is 9.53 Å². The lowest BCUT2D eigenvalue weighted by molar-refractivity contribution is -0.114. The molecule has 0 radical (unpaired) electrons. The molecule has 5 heteroatoms. The van der Waals surface area contributed by atoms with Crippen LogP contribution in [-0.2, 0) is 11.4 Å². The van der Waals surface area contributed by atoms with E-state index in [0.29, 0.717) is 23.7 Å². The molecule has 0 bridgehead atoms. The van der Waals surface area contributed by atoms with E-state index >= 15 is 0 Å². The number of carbonyl (C=O) groups is 1. The van der Waals surface area contributed by atoms with E-state index in [1.165, 1.54) is 6.92 Å². The second-order valence-corrected chi connectivity index (χ2v) is 5.24. The molecule has 0 spiro atoms. The van der Waals surface area contributed by atoms with Crippen LogP contribution in [0.4, 0.5) is 11.4 Å². The van der Waals surface area contributed by atoms with Gasteiger partial charge in [-0.1, -0.05) is 46.3 Å². The summed E-state index contributed by atoms with van der Waals surface area (Å²) in [5, 5.41) is 2.70. The molecule has 0 aliphatic heterocycles. The largest absolute Gasteiger partial charge is 0.487 e. The van der Waals surface area contributed by atoms with Gasteiger partial charge in [0.1, 0.15) is 18.0 Å². The number of halogens is 1. The Hall–Kier alpha value is -2.01. The highest BCUT2D eigenvalue weighted by molar-refractivity contribution is 9.10. The summed E-state index contributed by atoms with van der Waals surface area (Å²) in [6.07, 6.45) is 0. The summed E-state index contributed by atoms with van der Waals surface area (Å²) in [4.78, 5) is 11.2. The van der Waals surface area contributed by atoms with Crippen molar-refractivity contribution in [1.82, 2.24) is 0 Å². The van der Waals surface area contributed by atoms with Crippen LogP contribution in [0.1, 0.15) is 12.5 Å². The zero-order valence-corrected chi connectivity index (χ0v) is 12.6. The second-order valence-electron chi connectivity index (χ2n) is 4.32. The summed E-state index contributed by atoms with van der Waals surface area (Å²) in [6, 6.07) is 13.3. The molecule has 2 aromatic rings. The minimum Gasteiger partial charge on any atom is -0.487 e. The van der Waals surface area contributed by atoms with Crippen LogP contribution in [0, 0.1) is 0 Å². The van der Waals surface area contributed by atoms with Crippen molar-refractivity contribution in [3.8, 4) is 5.75 Å². The number of amides is 1. The molecule has 1 amide bonds. The van der Waals surface area contributed by atoms with E-state index in [9.17, 15) is 4.79 Å².